The number of hydrogen-bond acceptors (Lipinski definition) is 4. The van der Waals surface area contributed by atoms with Crippen LogP contribution in [0.15, 0.2) is 23.5 Å². The Balaban J connectivity index is 1.46. The van der Waals surface area contributed by atoms with Crippen molar-refractivity contribution in [2.75, 3.05) is 40.0 Å². The first kappa shape index (κ1) is 16.8. The first-order valence-electron chi connectivity index (χ1n) is 8.00. The van der Waals surface area contributed by atoms with E-state index in [1.165, 1.54) is 0 Å². The van der Waals surface area contributed by atoms with Crippen molar-refractivity contribution in [3.8, 4) is 0 Å². The predicted molar refractivity (Wildman–Crippen MR) is 86.0 cm³/mol. The lowest BCUT2D eigenvalue weighted by molar-refractivity contribution is 0.0420. The van der Waals surface area contributed by atoms with Crippen LogP contribution < -0.4 is 10.6 Å². The minimum absolute atomic E-state index is 0.291. The Hall–Kier alpha value is -1.60. The summed E-state index contributed by atoms with van der Waals surface area (Å²) in [5.41, 5.74) is 0. The summed E-state index contributed by atoms with van der Waals surface area (Å²) in [6.07, 6.45) is 7.06. The van der Waals surface area contributed by atoms with Gasteiger partial charge in [-0.25, -0.2) is 0 Å². The van der Waals surface area contributed by atoms with Crippen molar-refractivity contribution in [1.82, 2.24) is 20.4 Å². The van der Waals surface area contributed by atoms with E-state index >= 15 is 0 Å². The van der Waals surface area contributed by atoms with E-state index in [0.717, 1.165) is 64.7 Å². The Morgan fingerprint density at radius 3 is 2.95 bits per heavy atom. The third-order valence-electron chi connectivity index (χ3n) is 3.49. The molecule has 124 valence electrons. The van der Waals surface area contributed by atoms with Gasteiger partial charge in [0.15, 0.2) is 5.96 Å². The van der Waals surface area contributed by atoms with Crippen molar-refractivity contribution in [3.05, 3.63) is 18.5 Å². The molecule has 1 saturated heterocycles. The number of ether oxygens (including phenoxy) is 2. The van der Waals surface area contributed by atoms with Crippen molar-refractivity contribution >= 4 is 5.96 Å². The molecular formula is C15H27N5O2. The Morgan fingerprint density at radius 1 is 1.41 bits per heavy atom. The zero-order valence-corrected chi connectivity index (χ0v) is 13.3. The highest BCUT2D eigenvalue weighted by Gasteiger charge is 2.15. The fourth-order valence-electron chi connectivity index (χ4n) is 2.27. The lowest BCUT2D eigenvalue weighted by atomic mass is 10.3. The van der Waals surface area contributed by atoms with Crippen molar-refractivity contribution < 1.29 is 9.47 Å². The van der Waals surface area contributed by atoms with Crippen molar-refractivity contribution in [3.63, 3.8) is 0 Å². The van der Waals surface area contributed by atoms with Gasteiger partial charge in [-0.2, -0.15) is 5.10 Å². The van der Waals surface area contributed by atoms with E-state index in [0.29, 0.717) is 6.10 Å². The van der Waals surface area contributed by atoms with Crippen LogP contribution in [0.1, 0.15) is 19.3 Å². The highest BCUT2D eigenvalue weighted by molar-refractivity contribution is 5.79. The van der Waals surface area contributed by atoms with Crippen molar-refractivity contribution in [2.45, 2.75) is 31.9 Å². The summed E-state index contributed by atoms with van der Waals surface area (Å²) in [6.45, 7) is 4.97. The Kier molecular flexibility index (Phi) is 7.76. The van der Waals surface area contributed by atoms with Crippen LogP contribution in [0.3, 0.4) is 0 Å². The van der Waals surface area contributed by atoms with E-state index in [4.69, 9.17) is 9.47 Å². The standard InChI is InChI=1S/C15H27N5O2/c1-16-15(17-6-2-9-20-10-3-8-19-20)18-7-4-11-22-14-5-12-21-13-14/h3,8,10,14H,2,4-7,9,11-13H2,1H3,(H2,16,17,18). The second-order valence-electron chi connectivity index (χ2n) is 5.26. The summed E-state index contributed by atoms with van der Waals surface area (Å²) in [5, 5.41) is 10.8. The highest BCUT2D eigenvalue weighted by atomic mass is 16.5. The van der Waals surface area contributed by atoms with Crippen LogP contribution in [0.4, 0.5) is 0 Å². The number of aliphatic imine (C=N–C) groups is 1. The zero-order chi connectivity index (χ0) is 15.5. The highest BCUT2D eigenvalue weighted by Crippen LogP contribution is 2.07. The molecule has 0 bridgehead atoms. The molecule has 0 radical (unpaired) electrons. The molecule has 2 heterocycles. The molecule has 0 aromatic carbocycles. The SMILES string of the molecule is CN=C(NCCCOC1CCOC1)NCCCn1cccn1. The molecule has 0 saturated carbocycles. The van der Waals surface area contributed by atoms with Gasteiger partial charge in [0.1, 0.15) is 0 Å². The number of aromatic nitrogens is 2. The Labute approximate surface area is 132 Å². The molecule has 1 fully saturated rings. The van der Waals surface area contributed by atoms with E-state index in [1.807, 2.05) is 16.9 Å². The number of rotatable bonds is 9. The number of guanidine groups is 1. The maximum absolute atomic E-state index is 5.72. The lowest BCUT2D eigenvalue weighted by Gasteiger charge is -2.13. The fourth-order valence-corrected chi connectivity index (χ4v) is 2.27. The van der Waals surface area contributed by atoms with E-state index in [2.05, 4.69) is 20.7 Å². The van der Waals surface area contributed by atoms with E-state index in [1.54, 1.807) is 13.2 Å². The van der Waals surface area contributed by atoms with Gasteiger partial charge in [0.05, 0.1) is 12.7 Å². The third-order valence-corrected chi connectivity index (χ3v) is 3.49. The van der Waals surface area contributed by atoms with Gasteiger partial charge in [-0.1, -0.05) is 0 Å². The average molecular weight is 309 g/mol. The van der Waals surface area contributed by atoms with Crippen LogP contribution in [0.2, 0.25) is 0 Å². The summed E-state index contributed by atoms with van der Waals surface area (Å²) in [4.78, 5) is 4.21. The molecule has 1 unspecified atom stereocenters. The molecule has 0 aliphatic carbocycles. The summed E-state index contributed by atoms with van der Waals surface area (Å²) in [7, 11) is 1.79. The molecule has 0 amide bonds. The number of nitrogens with one attached hydrogen (secondary N) is 2. The van der Waals surface area contributed by atoms with Gasteiger partial charge in [-0.05, 0) is 25.3 Å². The first-order chi connectivity index (χ1) is 10.9. The van der Waals surface area contributed by atoms with Gasteiger partial charge in [0.25, 0.3) is 0 Å². The average Bonchev–Trinajstić information content (AvgIpc) is 3.22. The molecule has 2 rings (SSSR count). The molecule has 7 heteroatoms. The van der Waals surface area contributed by atoms with Crippen LogP contribution in [-0.2, 0) is 16.0 Å². The molecule has 1 aromatic heterocycles. The minimum Gasteiger partial charge on any atom is -0.379 e. The Bertz CT molecular complexity index is 416. The summed E-state index contributed by atoms with van der Waals surface area (Å²) >= 11 is 0. The van der Waals surface area contributed by atoms with E-state index in [-0.39, 0.29) is 0 Å². The largest absolute Gasteiger partial charge is 0.379 e. The molecule has 0 spiro atoms. The summed E-state index contributed by atoms with van der Waals surface area (Å²) < 4.78 is 12.9. The van der Waals surface area contributed by atoms with Crippen LogP contribution in [0, 0.1) is 0 Å². The molecule has 1 aromatic rings. The van der Waals surface area contributed by atoms with Crippen molar-refractivity contribution in [2.24, 2.45) is 4.99 Å². The van der Waals surface area contributed by atoms with Gasteiger partial charge in [0.2, 0.25) is 0 Å². The van der Waals surface area contributed by atoms with Gasteiger partial charge >= 0.3 is 0 Å². The minimum atomic E-state index is 0.291. The van der Waals surface area contributed by atoms with E-state index < -0.39 is 0 Å². The van der Waals surface area contributed by atoms with Crippen LogP contribution in [0.5, 0.6) is 0 Å². The van der Waals surface area contributed by atoms with Crippen LogP contribution in [0.25, 0.3) is 0 Å². The second-order valence-corrected chi connectivity index (χ2v) is 5.26. The third kappa shape index (κ3) is 6.44. The number of hydrogen-bond donors (Lipinski definition) is 2. The Morgan fingerprint density at radius 2 is 2.27 bits per heavy atom. The lowest BCUT2D eigenvalue weighted by Crippen LogP contribution is -2.38. The molecule has 2 N–H and O–H groups in total. The zero-order valence-electron chi connectivity index (χ0n) is 13.3. The predicted octanol–water partition coefficient (Wildman–Crippen LogP) is 0.634. The molecule has 1 aliphatic rings. The van der Waals surface area contributed by atoms with Gasteiger partial charge < -0.3 is 20.1 Å². The van der Waals surface area contributed by atoms with Crippen LogP contribution in [-0.4, -0.2) is 61.8 Å². The smallest absolute Gasteiger partial charge is 0.190 e. The quantitative estimate of drug-likeness (QED) is 0.398. The first-order valence-corrected chi connectivity index (χ1v) is 8.00. The topological polar surface area (TPSA) is 72.7 Å². The maximum Gasteiger partial charge on any atom is 0.190 e. The summed E-state index contributed by atoms with van der Waals surface area (Å²) in [6, 6.07) is 1.94. The fraction of sp³-hybridized carbons (Fsp3) is 0.733. The van der Waals surface area contributed by atoms with E-state index in [9.17, 15) is 0 Å². The molecule has 1 aliphatic heterocycles. The monoisotopic (exact) mass is 309 g/mol. The van der Waals surface area contributed by atoms with Crippen molar-refractivity contribution in [1.29, 1.82) is 0 Å². The second kappa shape index (κ2) is 10.2. The van der Waals surface area contributed by atoms with Gasteiger partial charge in [-0.3, -0.25) is 9.67 Å². The maximum atomic E-state index is 5.72. The number of nitrogens with zero attached hydrogens (tertiary/aromatic N) is 3. The molecule has 7 nitrogen and oxygen atoms in total. The normalized spacial score (nSPS) is 18.6. The number of aryl methyl sites for hydroxylation is 1. The summed E-state index contributed by atoms with van der Waals surface area (Å²) in [5.74, 6) is 0.838. The molecular weight excluding hydrogens is 282 g/mol. The van der Waals surface area contributed by atoms with Gasteiger partial charge in [0, 0.05) is 52.3 Å². The molecule has 1 atom stereocenters. The van der Waals surface area contributed by atoms with Gasteiger partial charge in [-0.15, -0.1) is 0 Å². The van der Waals surface area contributed by atoms with Crippen LogP contribution >= 0.6 is 0 Å². The molecule has 22 heavy (non-hydrogen) atoms.